The lowest BCUT2D eigenvalue weighted by Gasteiger charge is -2.20. The van der Waals surface area contributed by atoms with Gasteiger partial charge in [0, 0.05) is 23.5 Å². The van der Waals surface area contributed by atoms with E-state index in [2.05, 4.69) is 29.0 Å². The number of ether oxygens (including phenoxy) is 1. The third kappa shape index (κ3) is 3.99. The zero-order valence-electron chi connectivity index (χ0n) is 16.6. The lowest BCUT2D eigenvalue weighted by Crippen LogP contribution is -2.26. The number of pyridine rings is 1. The molecule has 7 nitrogen and oxygen atoms in total. The van der Waals surface area contributed by atoms with E-state index < -0.39 is 0 Å². The predicted octanol–water partition coefficient (Wildman–Crippen LogP) is 3.19. The van der Waals surface area contributed by atoms with Gasteiger partial charge in [-0.05, 0) is 50.3 Å². The molecule has 0 spiro atoms. The van der Waals surface area contributed by atoms with Gasteiger partial charge in [0.2, 0.25) is 5.36 Å². The van der Waals surface area contributed by atoms with Crippen molar-refractivity contribution in [2.24, 2.45) is 0 Å². The van der Waals surface area contributed by atoms with Gasteiger partial charge >= 0.3 is 0 Å². The first-order chi connectivity index (χ1) is 13.6. The summed E-state index contributed by atoms with van der Waals surface area (Å²) in [5, 5.41) is 27.8. The van der Waals surface area contributed by atoms with E-state index in [1.54, 1.807) is 19.2 Å². The number of methoxy groups -OCH3 is 1. The third-order valence-electron chi connectivity index (χ3n) is 5.10. The van der Waals surface area contributed by atoms with Crippen LogP contribution in [0.2, 0.25) is 0 Å². The van der Waals surface area contributed by atoms with Crippen molar-refractivity contribution in [2.45, 2.75) is 20.3 Å². The zero-order chi connectivity index (χ0) is 20.1. The highest BCUT2D eigenvalue weighted by Crippen LogP contribution is 2.34. The van der Waals surface area contributed by atoms with Crippen molar-refractivity contribution in [3.05, 3.63) is 52.2 Å². The number of rotatable bonds is 8. The molecule has 28 heavy (non-hydrogen) atoms. The number of nitrogens with one attached hydrogen (secondary N) is 2. The summed E-state index contributed by atoms with van der Waals surface area (Å²) in [5.41, 5.74) is 3.00. The number of anilines is 1. The summed E-state index contributed by atoms with van der Waals surface area (Å²) in [4.78, 5) is 5.35. The van der Waals surface area contributed by atoms with Crippen molar-refractivity contribution in [3.8, 4) is 17.0 Å². The normalized spacial score (nSPS) is 11.3. The first-order valence-corrected chi connectivity index (χ1v) is 9.65. The zero-order valence-corrected chi connectivity index (χ0v) is 16.6. The van der Waals surface area contributed by atoms with Gasteiger partial charge in [-0.15, -0.1) is 0 Å². The van der Waals surface area contributed by atoms with Gasteiger partial charge < -0.3 is 30.4 Å². The first-order valence-electron chi connectivity index (χ1n) is 9.65. The summed E-state index contributed by atoms with van der Waals surface area (Å²) in [6, 6.07) is 10.8. The molecule has 1 aromatic rings. The SMILES string of the molecule is CCN(CC)CCCNc1c2c(=[N+]([O-])[O-])cccc-2[nH]c2ccc(OC)cc12. The predicted molar refractivity (Wildman–Crippen MR) is 114 cm³/mol. The molecule has 0 aromatic heterocycles. The summed E-state index contributed by atoms with van der Waals surface area (Å²) in [7, 11) is 1.62. The molecule has 0 saturated carbocycles. The van der Waals surface area contributed by atoms with Gasteiger partial charge in [-0.1, -0.05) is 19.9 Å². The smallest absolute Gasteiger partial charge is 0.234 e. The molecule has 1 aliphatic heterocycles. The molecular weight excluding hydrogens is 356 g/mol. The maximum atomic E-state index is 11.7. The molecule has 0 bridgehead atoms. The monoisotopic (exact) mass is 383 g/mol. The Morgan fingerprint density at radius 1 is 1.14 bits per heavy atom. The second kappa shape index (κ2) is 8.84. The molecule has 0 radical (unpaired) electrons. The van der Waals surface area contributed by atoms with E-state index in [4.69, 9.17) is 4.74 Å². The van der Waals surface area contributed by atoms with E-state index in [-0.39, 0.29) is 10.3 Å². The van der Waals surface area contributed by atoms with E-state index in [9.17, 15) is 10.4 Å². The van der Waals surface area contributed by atoms with E-state index >= 15 is 0 Å². The van der Waals surface area contributed by atoms with Gasteiger partial charge in [0.1, 0.15) is 5.75 Å². The summed E-state index contributed by atoms with van der Waals surface area (Å²) < 4.78 is 5.37. The van der Waals surface area contributed by atoms with Crippen molar-refractivity contribution in [3.63, 3.8) is 0 Å². The fraction of sp³-hybridized carbons (Fsp3) is 0.381. The first kappa shape index (κ1) is 19.8. The third-order valence-corrected chi connectivity index (χ3v) is 5.10. The van der Waals surface area contributed by atoms with Crippen LogP contribution in [-0.2, 0) is 0 Å². The number of hydrogen-bond donors (Lipinski definition) is 2. The highest BCUT2D eigenvalue weighted by atomic mass is 16.8. The molecule has 1 aromatic carbocycles. The van der Waals surface area contributed by atoms with E-state index in [1.807, 2.05) is 24.3 Å². The van der Waals surface area contributed by atoms with Crippen molar-refractivity contribution < 1.29 is 4.74 Å². The Morgan fingerprint density at radius 2 is 1.93 bits per heavy atom. The van der Waals surface area contributed by atoms with Crippen LogP contribution in [0.15, 0.2) is 36.4 Å². The highest BCUT2D eigenvalue weighted by molar-refractivity contribution is 6.01. The largest absolute Gasteiger partial charge is 0.612 e. The summed E-state index contributed by atoms with van der Waals surface area (Å²) in [5.74, 6) is 0.713. The summed E-state index contributed by atoms with van der Waals surface area (Å²) in [6.07, 6.45) is 0.952. The number of aromatic amines is 1. The Balaban J connectivity index is 2.08. The van der Waals surface area contributed by atoms with Crippen molar-refractivity contribution in [2.75, 3.05) is 38.6 Å². The summed E-state index contributed by atoms with van der Waals surface area (Å²) >= 11 is 0. The number of hydrogen-bond acceptors (Lipinski definition) is 5. The van der Waals surface area contributed by atoms with Gasteiger partial charge in [0.25, 0.3) is 0 Å². The van der Waals surface area contributed by atoms with Crippen molar-refractivity contribution >= 4 is 16.6 Å². The van der Waals surface area contributed by atoms with Crippen LogP contribution < -0.4 is 20.3 Å². The molecule has 150 valence electrons. The average molecular weight is 383 g/mol. The molecule has 0 saturated heterocycles. The molecule has 7 heteroatoms. The van der Waals surface area contributed by atoms with Gasteiger partial charge in [-0.3, -0.25) is 0 Å². The fourth-order valence-corrected chi connectivity index (χ4v) is 3.54. The lowest BCUT2D eigenvalue weighted by atomic mass is 10.0. The topological polar surface area (TPSA) is 89.4 Å². The van der Waals surface area contributed by atoms with Gasteiger partial charge in [0.15, 0.2) is 0 Å². The average Bonchev–Trinajstić information content (AvgIpc) is 2.72. The second-order valence-corrected chi connectivity index (χ2v) is 6.68. The molecule has 2 N–H and O–H groups in total. The molecule has 0 fully saturated rings. The fourth-order valence-electron chi connectivity index (χ4n) is 3.54. The van der Waals surface area contributed by atoms with Crippen LogP contribution in [0.5, 0.6) is 5.75 Å². The highest BCUT2D eigenvalue weighted by Gasteiger charge is 2.18. The van der Waals surface area contributed by atoms with E-state index in [0.717, 1.165) is 54.9 Å². The second-order valence-electron chi connectivity index (χ2n) is 6.68. The molecular formula is C21H27N4O3-. The van der Waals surface area contributed by atoms with Crippen molar-refractivity contribution in [1.82, 2.24) is 14.8 Å². The van der Waals surface area contributed by atoms with Crippen LogP contribution in [0.4, 0.5) is 5.69 Å². The molecule has 3 rings (SSSR count). The van der Waals surface area contributed by atoms with Crippen LogP contribution in [0.3, 0.4) is 0 Å². The summed E-state index contributed by atoms with van der Waals surface area (Å²) in [6.45, 7) is 8.06. The standard InChI is InChI=1S/C21H27N4O3/c1-4-24(5-2)13-7-12-22-21-16-14-15(28-3)10-11-17(16)23-18-8-6-9-19(20(18)21)25(26)27/h6,8-11,14,22-23H,4-5,7,12-13H2,1-3H3/q-1. The van der Waals surface area contributed by atoms with E-state index in [1.165, 1.54) is 0 Å². The number of benzene rings is 2. The Kier molecular flexibility index (Phi) is 6.26. The molecule has 1 heterocycles. The van der Waals surface area contributed by atoms with Crippen molar-refractivity contribution in [1.29, 1.82) is 0 Å². The molecule has 0 unspecified atom stereocenters. The number of H-pyrrole nitrogens is 1. The minimum atomic E-state index is -0.330. The number of fused-ring (bicyclic) bond motifs is 2. The maximum absolute atomic E-state index is 11.7. The van der Waals surface area contributed by atoms with E-state index in [0.29, 0.717) is 11.3 Å². The van der Waals surface area contributed by atoms with Crippen LogP contribution >= 0.6 is 0 Å². The van der Waals surface area contributed by atoms with Crippen LogP contribution in [-0.4, -0.2) is 43.2 Å². The van der Waals surface area contributed by atoms with Gasteiger partial charge in [-0.25, -0.2) is 0 Å². The Bertz CT molecular complexity index is 975. The maximum Gasteiger partial charge on any atom is 0.234 e. The lowest BCUT2D eigenvalue weighted by molar-refractivity contribution is 0.303. The van der Waals surface area contributed by atoms with Gasteiger partial charge in [-0.2, -0.15) is 4.90 Å². The quantitative estimate of drug-likeness (QED) is 0.354. The van der Waals surface area contributed by atoms with Crippen LogP contribution in [0, 0.1) is 10.4 Å². The Labute approximate surface area is 164 Å². The molecule has 1 aliphatic carbocycles. The Hall–Kier alpha value is -2.93. The minimum Gasteiger partial charge on any atom is -0.612 e. The molecule has 0 atom stereocenters. The number of aromatic nitrogens is 1. The minimum absolute atomic E-state index is 0.0877. The molecule has 0 amide bonds. The number of nitrogens with zero attached hydrogens (tertiary/aromatic N) is 2. The van der Waals surface area contributed by atoms with Crippen LogP contribution in [0.25, 0.3) is 22.2 Å². The van der Waals surface area contributed by atoms with Crippen LogP contribution in [0.1, 0.15) is 20.3 Å². The Morgan fingerprint density at radius 3 is 2.61 bits per heavy atom. The molecule has 2 aliphatic rings. The van der Waals surface area contributed by atoms with Gasteiger partial charge in [0.05, 0.1) is 24.1 Å².